The Balaban J connectivity index is 3.23. The van der Waals surface area contributed by atoms with Crippen molar-refractivity contribution in [3.8, 4) is 5.75 Å². The Kier molecular flexibility index (Phi) is 2.77. The van der Waals surface area contributed by atoms with E-state index in [0.29, 0.717) is 0 Å². The van der Waals surface area contributed by atoms with Gasteiger partial charge >= 0.3 is 0 Å². The number of halogens is 3. The van der Waals surface area contributed by atoms with Gasteiger partial charge in [-0.05, 0) is 12.1 Å². The standard InChI is InChI=1S/C8H7F3O2/c1-13-5-3-2-4(8(11)12)6(9)7(5)10/h2-3,8,12H,1H3. The number of aliphatic hydroxyl groups is 1. The normalized spacial score (nSPS) is 12.7. The van der Waals surface area contributed by atoms with Crippen LogP contribution in [0.4, 0.5) is 13.2 Å². The number of rotatable bonds is 2. The van der Waals surface area contributed by atoms with E-state index in [0.717, 1.165) is 19.2 Å². The number of ether oxygens (including phenoxy) is 1. The molecule has 1 aromatic carbocycles. The molecule has 0 aliphatic rings. The summed E-state index contributed by atoms with van der Waals surface area (Å²) in [6, 6.07) is 1.96. The van der Waals surface area contributed by atoms with Crippen molar-refractivity contribution in [2.45, 2.75) is 6.36 Å². The molecule has 0 saturated carbocycles. The van der Waals surface area contributed by atoms with Crippen molar-refractivity contribution < 1.29 is 23.0 Å². The molecular weight excluding hydrogens is 185 g/mol. The lowest BCUT2D eigenvalue weighted by Crippen LogP contribution is -2.00. The van der Waals surface area contributed by atoms with Gasteiger partial charge in [0.2, 0.25) is 12.2 Å². The SMILES string of the molecule is COc1ccc(C(O)F)c(F)c1F. The monoisotopic (exact) mass is 192 g/mol. The van der Waals surface area contributed by atoms with E-state index in [1.54, 1.807) is 0 Å². The van der Waals surface area contributed by atoms with Crippen LogP contribution in [0, 0.1) is 11.6 Å². The Morgan fingerprint density at radius 1 is 1.31 bits per heavy atom. The molecule has 0 heterocycles. The molecule has 0 amide bonds. The zero-order valence-corrected chi connectivity index (χ0v) is 6.72. The van der Waals surface area contributed by atoms with Crippen LogP contribution in [0.5, 0.6) is 5.75 Å². The molecule has 1 unspecified atom stereocenters. The average molecular weight is 192 g/mol. The summed E-state index contributed by atoms with van der Waals surface area (Å²) in [6.45, 7) is 0. The van der Waals surface area contributed by atoms with Gasteiger partial charge in [0, 0.05) is 0 Å². The Labute approximate surface area is 72.6 Å². The van der Waals surface area contributed by atoms with E-state index < -0.39 is 23.6 Å². The summed E-state index contributed by atoms with van der Waals surface area (Å²) < 4.78 is 42.3. The maximum atomic E-state index is 12.8. The summed E-state index contributed by atoms with van der Waals surface area (Å²) in [5, 5.41) is 8.38. The van der Waals surface area contributed by atoms with Gasteiger partial charge in [-0.25, -0.2) is 8.78 Å². The van der Waals surface area contributed by atoms with Gasteiger partial charge in [-0.2, -0.15) is 4.39 Å². The highest BCUT2D eigenvalue weighted by Gasteiger charge is 2.18. The van der Waals surface area contributed by atoms with Crippen molar-refractivity contribution in [2.75, 3.05) is 7.11 Å². The minimum Gasteiger partial charge on any atom is -0.494 e. The summed E-state index contributed by atoms with van der Waals surface area (Å²) in [7, 11) is 1.16. The lowest BCUT2D eigenvalue weighted by atomic mass is 10.2. The van der Waals surface area contributed by atoms with E-state index >= 15 is 0 Å². The van der Waals surface area contributed by atoms with Gasteiger partial charge in [0.25, 0.3) is 0 Å². The Hall–Kier alpha value is -1.23. The van der Waals surface area contributed by atoms with Crippen molar-refractivity contribution in [3.63, 3.8) is 0 Å². The minimum absolute atomic E-state index is 0.332. The van der Waals surface area contributed by atoms with Gasteiger partial charge < -0.3 is 9.84 Å². The number of aliphatic hydroxyl groups excluding tert-OH is 1. The summed E-state index contributed by atoms with van der Waals surface area (Å²) in [5.74, 6) is -3.08. The highest BCUT2D eigenvalue weighted by atomic mass is 19.2. The van der Waals surface area contributed by atoms with Crippen LogP contribution in [0.25, 0.3) is 0 Å². The van der Waals surface area contributed by atoms with Crippen LogP contribution in [0.1, 0.15) is 11.9 Å². The van der Waals surface area contributed by atoms with E-state index in [4.69, 9.17) is 5.11 Å². The molecule has 0 radical (unpaired) electrons. The van der Waals surface area contributed by atoms with Crippen LogP contribution in [-0.2, 0) is 0 Å². The molecule has 0 aliphatic heterocycles. The van der Waals surface area contributed by atoms with Crippen LogP contribution in [0.2, 0.25) is 0 Å². The molecule has 5 heteroatoms. The highest BCUT2D eigenvalue weighted by Crippen LogP contribution is 2.26. The summed E-state index contributed by atoms with van der Waals surface area (Å²) in [6.07, 6.45) is -2.53. The average Bonchev–Trinajstić information content (AvgIpc) is 2.09. The predicted molar refractivity (Wildman–Crippen MR) is 39.0 cm³/mol. The molecule has 13 heavy (non-hydrogen) atoms. The fraction of sp³-hybridized carbons (Fsp3) is 0.250. The number of benzene rings is 1. The van der Waals surface area contributed by atoms with Crippen LogP contribution in [0.15, 0.2) is 12.1 Å². The van der Waals surface area contributed by atoms with E-state index in [-0.39, 0.29) is 5.75 Å². The first-order chi connectivity index (χ1) is 6.07. The van der Waals surface area contributed by atoms with Crippen molar-refractivity contribution in [1.82, 2.24) is 0 Å². The topological polar surface area (TPSA) is 29.5 Å². The molecule has 0 saturated heterocycles. The Morgan fingerprint density at radius 3 is 2.38 bits per heavy atom. The van der Waals surface area contributed by atoms with Gasteiger partial charge in [-0.1, -0.05) is 0 Å². The highest BCUT2D eigenvalue weighted by molar-refractivity contribution is 5.31. The lowest BCUT2D eigenvalue weighted by Gasteiger charge is -2.07. The van der Waals surface area contributed by atoms with Gasteiger partial charge in [0.05, 0.1) is 12.7 Å². The molecule has 1 aromatic rings. The molecule has 0 spiro atoms. The van der Waals surface area contributed by atoms with Crippen LogP contribution in [-0.4, -0.2) is 12.2 Å². The number of hydrogen-bond donors (Lipinski definition) is 1. The molecule has 0 fully saturated rings. The largest absolute Gasteiger partial charge is 0.494 e. The quantitative estimate of drug-likeness (QED) is 0.775. The summed E-state index contributed by atoms with van der Waals surface area (Å²) in [4.78, 5) is 0. The fourth-order valence-electron chi connectivity index (χ4n) is 0.888. The number of methoxy groups -OCH3 is 1. The Morgan fingerprint density at radius 2 is 1.92 bits per heavy atom. The van der Waals surface area contributed by atoms with Gasteiger partial charge in [-0.3, -0.25) is 0 Å². The summed E-state index contributed by atoms with van der Waals surface area (Å²) in [5.41, 5.74) is -0.738. The number of hydrogen-bond acceptors (Lipinski definition) is 2. The first-order valence-corrected chi connectivity index (χ1v) is 3.42. The smallest absolute Gasteiger partial charge is 0.225 e. The van der Waals surface area contributed by atoms with Crippen molar-refractivity contribution >= 4 is 0 Å². The molecule has 72 valence electrons. The molecule has 0 bridgehead atoms. The van der Waals surface area contributed by atoms with Gasteiger partial charge in [-0.15, -0.1) is 0 Å². The van der Waals surface area contributed by atoms with Crippen LogP contribution < -0.4 is 4.74 Å². The molecule has 2 nitrogen and oxygen atoms in total. The van der Waals surface area contributed by atoms with Crippen molar-refractivity contribution in [2.24, 2.45) is 0 Å². The first-order valence-electron chi connectivity index (χ1n) is 3.42. The van der Waals surface area contributed by atoms with Crippen molar-refractivity contribution in [3.05, 3.63) is 29.3 Å². The van der Waals surface area contributed by atoms with E-state index in [9.17, 15) is 13.2 Å². The molecular formula is C8H7F3O2. The number of alkyl halides is 1. The molecule has 1 N–H and O–H groups in total. The van der Waals surface area contributed by atoms with Crippen LogP contribution in [0.3, 0.4) is 0 Å². The second-order valence-corrected chi connectivity index (χ2v) is 2.32. The zero-order chi connectivity index (χ0) is 10.0. The van der Waals surface area contributed by atoms with E-state index in [2.05, 4.69) is 4.74 Å². The second-order valence-electron chi connectivity index (χ2n) is 2.32. The first kappa shape index (κ1) is 9.85. The predicted octanol–water partition coefficient (Wildman–Crippen LogP) is 1.93. The van der Waals surface area contributed by atoms with Gasteiger partial charge in [0.1, 0.15) is 0 Å². The summed E-state index contributed by atoms with van der Waals surface area (Å²) >= 11 is 0. The second kappa shape index (κ2) is 3.66. The maximum Gasteiger partial charge on any atom is 0.225 e. The Bertz CT molecular complexity index is 313. The zero-order valence-electron chi connectivity index (χ0n) is 6.72. The lowest BCUT2D eigenvalue weighted by molar-refractivity contribution is 0.0371. The third-order valence-electron chi connectivity index (χ3n) is 1.55. The molecule has 1 atom stereocenters. The molecule has 0 aromatic heterocycles. The third kappa shape index (κ3) is 1.75. The fourth-order valence-corrected chi connectivity index (χ4v) is 0.888. The van der Waals surface area contributed by atoms with Crippen LogP contribution >= 0.6 is 0 Å². The minimum atomic E-state index is -2.53. The van der Waals surface area contributed by atoms with Gasteiger partial charge in [0.15, 0.2) is 11.6 Å². The third-order valence-corrected chi connectivity index (χ3v) is 1.55. The molecule has 0 aliphatic carbocycles. The molecule has 1 rings (SSSR count). The van der Waals surface area contributed by atoms with E-state index in [1.807, 2.05) is 0 Å². The maximum absolute atomic E-state index is 12.8. The van der Waals surface area contributed by atoms with E-state index in [1.165, 1.54) is 0 Å². The van der Waals surface area contributed by atoms with Crippen molar-refractivity contribution in [1.29, 1.82) is 0 Å².